The van der Waals surface area contributed by atoms with Crippen LogP contribution in [0.25, 0.3) is 0 Å². The maximum absolute atomic E-state index is 11.5. The van der Waals surface area contributed by atoms with E-state index in [9.17, 15) is 4.79 Å². The molecule has 0 aliphatic rings. The molecule has 17 heavy (non-hydrogen) atoms. The van der Waals surface area contributed by atoms with Gasteiger partial charge in [-0.05, 0) is 51.3 Å². The number of ether oxygens (including phenoxy) is 1. The van der Waals surface area contributed by atoms with Gasteiger partial charge >= 0.3 is 5.97 Å². The van der Waals surface area contributed by atoms with E-state index in [1.807, 2.05) is 32.9 Å². The molecule has 0 amide bonds. The van der Waals surface area contributed by atoms with Crippen molar-refractivity contribution < 1.29 is 14.6 Å². The lowest BCUT2D eigenvalue weighted by molar-refractivity contribution is -0.153. The summed E-state index contributed by atoms with van der Waals surface area (Å²) in [4.78, 5) is 11.5. The van der Waals surface area contributed by atoms with Crippen LogP contribution in [0.4, 0.5) is 0 Å². The Labute approximate surface area is 102 Å². The van der Waals surface area contributed by atoms with Gasteiger partial charge in [-0.2, -0.15) is 0 Å². The first kappa shape index (κ1) is 13.6. The zero-order valence-corrected chi connectivity index (χ0v) is 10.7. The van der Waals surface area contributed by atoms with Crippen LogP contribution in [0.2, 0.25) is 0 Å². The lowest BCUT2D eigenvalue weighted by Crippen LogP contribution is -2.23. The van der Waals surface area contributed by atoms with Crippen LogP contribution in [0.5, 0.6) is 5.75 Å². The highest BCUT2D eigenvalue weighted by Gasteiger charge is 2.22. The number of benzene rings is 1. The van der Waals surface area contributed by atoms with Crippen molar-refractivity contribution in [2.24, 2.45) is 5.41 Å². The summed E-state index contributed by atoms with van der Waals surface area (Å²) in [6.07, 6.45) is 1.64. The fourth-order valence-corrected chi connectivity index (χ4v) is 1.32. The number of hydrogen-bond acceptors (Lipinski definition) is 3. The van der Waals surface area contributed by atoms with Gasteiger partial charge in [0, 0.05) is 0 Å². The monoisotopic (exact) mass is 236 g/mol. The Balaban J connectivity index is 2.25. The molecule has 3 nitrogen and oxygen atoms in total. The van der Waals surface area contributed by atoms with Crippen molar-refractivity contribution in [3.8, 4) is 5.75 Å². The van der Waals surface area contributed by atoms with Crippen LogP contribution in [0.15, 0.2) is 24.3 Å². The zero-order chi connectivity index (χ0) is 12.9. The molecule has 0 heterocycles. The smallest absolute Gasteiger partial charge is 0.311 e. The van der Waals surface area contributed by atoms with Gasteiger partial charge in [0.15, 0.2) is 0 Å². The molecule has 0 radical (unpaired) electrons. The average Bonchev–Trinajstić information content (AvgIpc) is 2.25. The molecule has 1 rings (SSSR count). The van der Waals surface area contributed by atoms with E-state index in [1.54, 1.807) is 12.1 Å². The average molecular weight is 236 g/mol. The Kier molecular flexibility index (Phi) is 4.55. The number of aromatic hydroxyl groups is 1. The van der Waals surface area contributed by atoms with E-state index in [2.05, 4.69) is 0 Å². The minimum Gasteiger partial charge on any atom is -0.508 e. The van der Waals surface area contributed by atoms with E-state index in [0.717, 1.165) is 18.4 Å². The molecule has 1 aromatic rings. The van der Waals surface area contributed by atoms with Gasteiger partial charge in [0.2, 0.25) is 0 Å². The second kappa shape index (κ2) is 5.71. The van der Waals surface area contributed by atoms with Gasteiger partial charge in [0.1, 0.15) is 5.75 Å². The predicted octanol–water partition coefficient (Wildman–Crippen LogP) is 2.91. The molecule has 0 unspecified atom stereocenters. The van der Waals surface area contributed by atoms with E-state index in [4.69, 9.17) is 9.84 Å². The summed E-state index contributed by atoms with van der Waals surface area (Å²) in [5.74, 6) is 0.108. The number of rotatable bonds is 4. The standard InChI is InChI=1S/C14H20O3/c1-14(2,3)13(16)17-10-4-5-11-6-8-12(15)9-7-11/h6-9,15H,4-5,10H2,1-3H3. The summed E-state index contributed by atoms with van der Waals surface area (Å²) in [5, 5.41) is 9.12. The molecule has 0 atom stereocenters. The van der Waals surface area contributed by atoms with Crippen LogP contribution in [0.3, 0.4) is 0 Å². The summed E-state index contributed by atoms with van der Waals surface area (Å²) in [7, 11) is 0. The van der Waals surface area contributed by atoms with Gasteiger partial charge in [0.25, 0.3) is 0 Å². The van der Waals surface area contributed by atoms with Crippen molar-refractivity contribution in [3.05, 3.63) is 29.8 Å². The molecule has 0 spiro atoms. The zero-order valence-electron chi connectivity index (χ0n) is 10.7. The highest BCUT2D eigenvalue weighted by Crippen LogP contribution is 2.15. The summed E-state index contributed by atoms with van der Waals surface area (Å²) >= 11 is 0. The van der Waals surface area contributed by atoms with Gasteiger partial charge in [-0.3, -0.25) is 4.79 Å². The first-order valence-corrected chi connectivity index (χ1v) is 5.85. The topological polar surface area (TPSA) is 46.5 Å². The van der Waals surface area contributed by atoms with Crippen LogP contribution in [-0.4, -0.2) is 17.7 Å². The summed E-state index contributed by atoms with van der Waals surface area (Å²) < 4.78 is 5.16. The Hall–Kier alpha value is -1.51. The number of carbonyl (C=O) groups excluding carboxylic acids is 1. The van der Waals surface area contributed by atoms with Crippen LogP contribution >= 0.6 is 0 Å². The summed E-state index contributed by atoms with van der Waals surface area (Å²) in [6, 6.07) is 7.08. The largest absolute Gasteiger partial charge is 0.508 e. The molecule has 0 aromatic heterocycles. The molecule has 1 N–H and O–H groups in total. The number of hydrogen-bond donors (Lipinski definition) is 1. The SMILES string of the molecule is CC(C)(C)C(=O)OCCCc1ccc(O)cc1. The second-order valence-electron chi connectivity index (χ2n) is 5.16. The Bertz CT molecular complexity index is 360. The number of phenolic OH excluding ortho intramolecular Hbond substituents is 1. The number of carbonyl (C=O) groups is 1. The minimum atomic E-state index is -0.432. The Morgan fingerprint density at radius 1 is 1.24 bits per heavy atom. The first-order valence-electron chi connectivity index (χ1n) is 5.85. The second-order valence-corrected chi connectivity index (χ2v) is 5.16. The van der Waals surface area contributed by atoms with E-state index < -0.39 is 5.41 Å². The maximum atomic E-state index is 11.5. The fraction of sp³-hybridized carbons (Fsp3) is 0.500. The molecule has 0 aliphatic carbocycles. The molecule has 1 aromatic carbocycles. The van der Waals surface area contributed by atoms with E-state index >= 15 is 0 Å². The normalized spacial score (nSPS) is 11.2. The molecule has 3 heteroatoms. The Morgan fingerprint density at radius 3 is 2.35 bits per heavy atom. The van der Waals surface area contributed by atoms with Crippen molar-refractivity contribution >= 4 is 5.97 Å². The summed E-state index contributed by atoms with van der Waals surface area (Å²) in [5.41, 5.74) is 0.702. The number of esters is 1. The maximum Gasteiger partial charge on any atom is 0.311 e. The molecule has 0 saturated carbocycles. The van der Waals surface area contributed by atoms with Gasteiger partial charge in [-0.25, -0.2) is 0 Å². The molecular formula is C14H20O3. The van der Waals surface area contributed by atoms with Gasteiger partial charge in [0.05, 0.1) is 12.0 Å². The van der Waals surface area contributed by atoms with Gasteiger partial charge < -0.3 is 9.84 Å². The quantitative estimate of drug-likeness (QED) is 0.646. The third-order valence-electron chi connectivity index (χ3n) is 2.39. The highest BCUT2D eigenvalue weighted by molar-refractivity contribution is 5.75. The first-order chi connectivity index (χ1) is 7.89. The molecule has 0 fully saturated rings. The highest BCUT2D eigenvalue weighted by atomic mass is 16.5. The van der Waals surface area contributed by atoms with E-state index in [0.29, 0.717) is 6.61 Å². The van der Waals surface area contributed by atoms with Crippen molar-refractivity contribution in [1.29, 1.82) is 0 Å². The molecule has 0 saturated heterocycles. The lowest BCUT2D eigenvalue weighted by Gasteiger charge is -2.16. The third kappa shape index (κ3) is 4.89. The van der Waals surface area contributed by atoms with Crippen molar-refractivity contribution in [2.75, 3.05) is 6.61 Å². The fourth-order valence-electron chi connectivity index (χ4n) is 1.32. The van der Waals surface area contributed by atoms with Crippen molar-refractivity contribution in [3.63, 3.8) is 0 Å². The van der Waals surface area contributed by atoms with Crippen LogP contribution < -0.4 is 0 Å². The van der Waals surface area contributed by atoms with E-state index in [-0.39, 0.29) is 11.7 Å². The predicted molar refractivity (Wildman–Crippen MR) is 66.8 cm³/mol. The third-order valence-corrected chi connectivity index (χ3v) is 2.39. The van der Waals surface area contributed by atoms with Crippen molar-refractivity contribution in [1.82, 2.24) is 0 Å². The molecule has 94 valence electrons. The Morgan fingerprint density at radius 2 is 1.82 bits per heavy atom. The van der Waals surface area contributed by atoms with Crippen molar-refractivity contribution in [2.45, 2.75) is 33.6 Å². The minimum absolute atomic E-state index is 0.164. The van der Waals surface area contributed by atoms with Gasteiger partial charge in [-0.15, -0.1) is 0 Å². The van der Waals surface area contributed by atoms with Crippen LogP contribution in [0.1, 0.15) is 32.8 Å². The summed E-state index contributed by atoms with van der Waals surface area (Å²) in [6.45, 7) is 5.97. The molecular weight excluding hydrogens is 216 g/mol. The lowest BCUT2D eigenvalue weighted by atomic mass is 9.97. The number of aryl methyl sites for hydroxylation is 1. The van der Waals surface area contributed by atoms with Gasteiger partial charge in [-0.1, -0.05) is 12.1 Å². The van der Waals surface area contributed by atoms with E-state index in [1.165, 1.54) is 0 Å². The molecule has 0 aliphatic heterocycles. The van der Waals surface area contributed by atoms with Crippen LogP contribution in [0, 0.1) is 5.41 Å². The molecule has 0 bridgehead atoms. The van der Waals surface area contributed by atoms with Crippen LogP contribution in [-0.2, 0) is 16.0 Å². The number of phenols is 1.